The molecule has 0 saturated carbocycles. The van der Waals surface area contributed by atoms with Crippen molar-refractivity contribution >= 4 is 28.4 Å². The van der Waals surface area contributed by atoms with Gasteiger partial charge in [0.05, 0.1) is 6.61 Å². The summed E-state index contributed by atoms with van der Waals surface area (Å²) in [5.74, 6) is 0.616. The molecule has 0 N–H and O–H groups in total. The van der Waals surface area contributed by atoms with Crippen LogP contribution in [-0.4, -0.2) is 17.2 Å². The average Bonchev–Trinajstić information content (AvgIpc) is 1.99. The number of thioether (sulfide) groups is 1. The van der Waals surface area contributed by atoms with Crippen molar-refractivity contribution in [3.63, 3.8) is 0 Å². The van der Waals surface area contributed by atoms with Gasteiger partial charge in [-0.05, 0) is 24.4 Å². The van der Waals surface area contributed by atoms with Crippen LogP contribution in [0.25, 0.3) is 0 Å². The molecule has 1 nitrogen and oxygen atoms in total. The molecule has 0 spiro atoms. The van der Waals surface area contributed by atoms with Crippen molar-refractivity contribution in [2.45, 2.75) is 20.3 Å². The minimum Gasteiger partial charge on any atom is -0.478 e. The van der Waals surface area contributed by atoms with Crippen LogP contribution in [0.1, 0.15) is 20.3 Å². The van der Waals surface area contributed by atoms with Gasteiger partial charge in [-0.3, -0.25) is 0 Å². The first-order valence-corrected chi connectivity index (χ1v) is 5.04. The Morgan fingerprint density at radius 2 is 2.30 bits per heavy atom. The van der Waals surface area contributed by atoms with Gasteiger partial charge in [0.25, 0.3) is 0 Å². The van der Waals surface area contributed by atoms with E-state index in [9.17, 15) is 0 Å². The van der Waals surface area contributed by atoms with Gasteiger partial charge in [0.2, 0.25) is 4.38 Å². The monoisotopic (exact) mass is 178 g/mol. The van der Waals surface area contributed by atoms with E-state index in [1.54, 1.807) is 0 Å². The zero-order valence-electron chi connectivity index (χ0n) is 6.72. The summed E-state index contributed by atoms with van der Waals surface area (Å²) >= 11 is 6.35. The molecule has 0 fully saturated rings. The second-order valence-electron chi connectivity index (χ2n) is 2.28. The zero-order valence-corrected chi connectivity index (χ0v) is 8.35. The third-order valence-electron chi connectivity index (χ3n) is 1.35. The molecule has 0 amide bonds. The first kappa shape index (κ1) is 10.2. The normalized spacial score (nSPS) is 12.7. The van der Waals surface area contributed by atoms with E-state index >= 15 is 0 Å². The SMILES string of the molecule is CC[C@H](C)COC(=S)SC. The fourth-order valence-electron chi connectivity index (χ4n) is 0.387. The summed E-state index contributed by atoms with van der Waals surface area (Å²) < 4.78 is 5.89. The summed E-state index contributed by atoms with van der Waals surface area (Å²) in [5.41, 5.74) is 0. The quantitative estimate of drug-likeness (QED) is 0.615. The fourth-order valence-corrected chi connectivity index (χ4v) is 0.641. The maximum absolute atomic E-state index is 5.24. The summed E-state index contributed by atoms with van der Waals surface area (Å²) in [7, 11) is 0. The molecule has 10 heavy (non-hydrogen) atoms. The first-order valence-electron chi connectivity index (χ1n) is 3.41. The largest absolute Gasteiger partial charge is 0.478 e. The summed E-state index contributed by atoms with van der Waals surface area (Å²) in [4.78, 5) is 0. The second kappa shape index (κ2) is 5.98. The van der Waals surface area contributed by atoms with Gasteiger partial charge in [0.15, 0.2) is 0 Å². The van der Waals surface area contributed by atoms with E-state index in [4.69, 9.17) is 17.0 Å². The standard InChI is InChI=1S/C7H14OS2/c1-4-6(2)5-8-7(9)10-3/h6H,4-5H2,1-3H3/t6-/m0/s1. The van der Waals surface area contributed by atoms with Crippen molar-refractivity contribution in [3.8, 4) is 0 Å². The molecule has 0 aromatic carbocycles. The number of ether oxygens (including phenoxy) is 1. The molecule has 0 rings (SSSR count). The molecule has 1 atom stereocenters. The molecule has 0 aliphatic rings. The molecule has 0 aromatic rings. The van der Waals surface area contributed by atoms with Crippen molar-refractivity contribution in [1.82, 2.24) is 0 Å². The van der Waals surface area contributed by atoms with Crippen LogP contribution in [0.15, 0.2) is 0 Å². The third-order valence-corrected chi connectivity index (χ3v) is 2.42. The summed E-state index contributed by atoms with van der Waals surface area (Å²) in [6, 6.07) is 0. The molecule has 0 aliphatic heterocycles. The highest BCUT2D eigenvalue weighted by Crippen LogP contribution is 2.05. The van der Waals surface area contributed by atoms with Gasteiger partial charge in [-0.2, -0.15) is 0 Å². The maximum atomic E-state index is 5.24. The Hall–Kier alpha value is 0.240. The van der Waals surface area contributed by atoms with Crippen LogP contribution in [0, 0.1) is 5.92 Å². The third kappa shape index (κ3) is 5.06. The number of hydrogen-bond donors (Lipinski definition) is 0. The van der Waals surface area contributed by atoms with Crippen LogP contribution in [0.2, 0.25) is 0 Å². The van der Waals surface area contributed by atoms with Crippen molar-refractivity contribution in [2.24, 2.45) is 5.92 Å². The molecular weight excluding hydrogens is 164 g/mol. The predicted molar refractivity (Wildman–Crippen MR) is 51.5 cm³/mol. The van der Waals surface area contributed by atoms with Crippen LogP contribution >= 0.6 is 24.0 Å². The van der Waals surface area contributed by atoms with E-state index in [2.05, 4.69) is 13.8 Å². The fraction of sp³-hybridized carbons (Fsp3) is 0.857. The van der Waals surface area contributed by atoms with Crippen LogP contribution in [0.3, 0.4) is 0 Å². The van der Waals surface area contributed by atoms with E-state index in [-0.39, 0.29) is 0 Å². The summed E-state index contributed by atoms with van der Waals surface area (Å²) in [5, 5.41) is 0. The molecule has 60 valence electrons. The lowest BCUT2D eigenvalue weighted by Gasteiger charge is -2.09. The Morgan fingerprint density at radius 1 is 1.70 bits per heavy atom. The van der Waals surface area contributed by atoms with Crippen LogP contribution in [0.5, 0.6) is 0 Å². The summed E-state index contributed by atoms with van der Waals surface area (Å²) in [6.07, 6.45) is 3.08. The first-order chi connectivity index (χ1) is 4.70. The second-order valence-corrected chi connectivity index (χ2v) is 3.69. The van der Waals surface area contributed by atoms with Crippen molar-refractivity contribution in [1.29, 1.82) is 0 Å². The lowest BCUT2D eigenvalue weighted by atomic mass is 10.1. The van der Waals surface area contributed by atoms with Crippen LogP contribution < -0.4 is 0 Å². The predicted octanol–water partition coefficient (Wildman–Crippen LogP) is 2.70. The van der Waals surface area contributed by atoms with Gasteiger partial charge >= 0.3 is 0 Å². The van der Waals surface area contributed by atoms with Gasteiger partial charge in [-0.1, -0.05) is 32.0 Å². The Labute approximate surface area is 72.5 Å². The molecule has 3 heteroatoms. The van der Waals surface area contributed by atoms with E-state index < -0.39 is 0 Å². The Bertz CT molecular complexity index is 104. The molecule has 0 saturated heterocycles. The molecule has 0 aliphatic carbocycles. The molecule has 0 aromatic heterocycles. The highest BCUT2D eigenvalue weighted by atomic mass is 32.2. The topological polar surface area (TPSA) is 9.23 Å². The zero-order chi connectivity index (χ0) is 7.98. The van der Waals surface area contributed by atoms with Gasteiger partial charge in [-0.15, -0.1) is 0 Å². The van der Waals surface area contributed by atoms with E-state index in [0.29, 0.717) is 10.3 Å². The minimum absolute atomic E-state index is 0.616. The Morgan fingerprint density at radius 3 is 2.70 bits per heavy atom. The van der Waals surface area contributed by atoms with Gasteiger partial charge in [-0.25, -0.2) is 0 Å². The molecule has 0 radical (unpaired) electrons. The molecule has 0 heterocycles. The minimum atomic E-state index is 0.616. The van der Waals surface area contributed by atoms with Crippen LogP contribution in [-0.2, 0) is 4.74 Å². The number of thiocarbonyl (C=S) groups is 1. The van der Waals surface area contributed by atoms with Crippen molar-refractivity contribution in [3.05, 3.63) is 0 Å². The maximum Gasteiger partial charge on any atom is 0.219 e. The van der Waals surface area contributed by atoms with E-state index in [0.717, 1.165) is 13.0 Å². The number of hydrogen-bond acceptors (Lipinski definition) is 3. The molecule has 0 bridgehead atoms. The van der Waals surface area contributed by atoms with Gasteiger partial charge in [0.1, 0.15) is 0 Å². The number of rotatable bonds is 3. The highest BCUT2D eigenvalue weighted by molar-refractivity contribution is 8.22. The van der Waals surface area contributed by atoms with Crippen LogP contribution in [0.4, 0.5) is 0 Å². The van der Waals surface area contributed by atoms with E-state index in [1.165, 1.54) is 11.8 Å². The highest BCUT2D eigenvalue weighted by Gasteiger charge is 2.00. The average molecular weight is 178 g/mol. The van der Waals surface area contributed by atoms with Crippen molar-refractivity contribution in [2.75, 3.05) is 12.9 Å². The van der Waals surface area contributed by atoms with E-state index in [1.807, 2.05) is 6.26 Å². The summed E-state index contributed by atoms with van der Waals surface area (Å²) in [6.45, 7) is 5.06. The van der Waals surface area contributed by atoms with Gasteiger partial charge in [0, 0.05) is 0 Å². The lowest BCUT2D eigenvalue weighted by Crippen LogP contribution is -2.06. The molecular formula is C7H14OS2. The lowest BCUT2D eigenvalue weighted by molar-refractivity contribution is 0.258. The van der Waals surface area contributed by atoms with Gasteiger partial charge < -0.3 is 4.74 Å². The van der Waals surface area contributed by atoms with Crippen molar-refractivity contribution < 1.29 is 4.74 Å². The smallest absolute Gasteiger partial charge is 0.219 e. The Kier molecular flexibility index (Phi) is 6.13. The Balaban J connectivity index is 3.26. The molecule has 0 unspecified atom stereocenters.